The lowest BCUT2D eigenvalue weighted by Gasteiger charge is -2.47. The van der Waals surface area contributed by atoms with Gasteiger partial charge in [-0.2, -0.15) is 0 Å². The lowest BCUT2D eigenvalue weighted by molar-refractivity contribution is -0.329. The summed E-state index contributed by atoms with van der Waals surface area (Å²) >= 11 is 0. The maximum absolute atomic E-state index is 13.0. The van der Waals surface area contributed by atoms with Crippen LogP contribution in [0.2, 0.25) is 0 Å². The van der Waals surface area contributed by atoms with Gasteiger partial charge in [0.15, 0.2) is 17.3 Å². The van der Waals surface area contributed by atoms with E-state index >= 15 is 0 Å². The minimum Gasteiger partial charge on any atom is -0.492 e. The maximum Gasteiger partial charge on any atom is 0.407 e. The smallest absolute Gasteiger partial charge is 0.407 e. The molecule has 5 rings (SSSR count). The summed E-state index contributed by atoms with van der Waals surface area (Å²) in [5, 5.41) is 8.07. The first kappa shape index (κ1) is 36.5. The topological polar surface area (TPSA) is 178 Å². The maximum atomic E-state index is 13.0. The van der Waals surface area contributed by atoms with Crippen LogP contribution in [0, 0.1) is 0 Å². The largest absolute Gasteiger partial charge is 0.492 e. The Balaban J connectivity index is 1.14. The molecule has 0 bridgehead atoms. The number of esters is 1. The Labute approximate surface area is 290 Å². The molecule has 15 nitrogen and oxygen atoms in total. The van der Waals surface area contributed by atoms with Crippen molar-refractivity contribution in [1.29, 1.82) is 0 Å². The van der Waals surface area contributed by atoms with Crippen LogP contribution in [0.15, 0.2) is 48.5 Å². The molecule has 2 saturated heterocycles. The normalized spacial score (nSPS) is 22.9. The molecule has 0 aliphatic carbocycles. The molecule has 5 atom stereocenters. The van der Waals surface area contributed by atoms with Gasteiger partial charge in [0.2, 0.25) is 12.7 Å². The third-order valence-electron chi connectivity index (χ3n) is 8.47. The minimum absolute atomic E-state index is 0.00346. The first-order chi connectivity index (χ1) is 24.2. The van der Waals surface area contributed by atoms with Gasteiger partial charge in [-0.15, -0.1) is 0 Å². The molecule has 3 heterocycles. The summed E-state index contributed by atoms with van der Waals surface area (Å²) in [5.74, 6) is -0.0541. The molecule has 50 heavy (non-hydrogen) atoms. The second kappa shape index (κ2) is 17.8. The third-order valence-corrected chi connectivity index (χ3v) is 8.47. The average Bonchev–Trinajstić information content (AvgIpc) is 3.59. The number of hydrogen-bond acceptors (Lipinski definition) is 12. The molecule has 0 radical (unpaired) electrons. The molecule has 2 aromatic rings. The zero-order valence-corrected chi connectivity index (χ0v) is 28.3. The predicted octanol–water partition coefficient (Wildman–Crippen LogP) is 3.72. The highest BCUT2D eigenvalue weighted by Crippen LogP contribution is 2.41. The van der Waals surface area contributed by atoms with E-state index in [9.17, 15) is 19.2 Å². The second-order valence-electron chi connectivity index (χ2n) is 12.3. The van der Waals surface area contributed by atoms with E-state index < -0.39 is 48.3 Å². The molecule has 2 fully saturated rings. The number of benzene rings is 2. The Hall–Kier alpha value is -4.76. The SMILES string of the molecule is COC(=O)[C@H](C)NC(=O)CC[C@@H]1C[C@@H](OC(=O)NCc2ccc3c(c2)OCO3)C[C@@]2(CCC[C@H](COC(=O)NCCOc3ccccc3)O2)O1. The summed E-state index contributed by atoms with van der Waals surface area (Å²) in [6.45, 7) is 2.44. The fourth-order valence-electron chi connectivity index (χ4n) is 6.08. The van der Waals surface area contributed by atoms with Crippen LogP contribution in [0.5, 0.6) is 17.2 Å². The van der Waals surface area contributed by atoms with E-state index in [-0.39, 0.29) is 58.3 Å². The lowest BCUT2D eigenvalue weighted by Crippen LogP contribution is -2.53. The standard InChI is InChI=1S/C35H45N3O12/c1-23(32(40)43-2)38-31(39)13-11-26-18-28(48-34(42)37-20-24-10-12-29-30(17-24)47-22-46-29)19-35(49-26)14-6-9-27(50-35)21-45-33(41)36-15-16-44-25-7-4-3-5-8-25/h3-5,7-8,10,12,17,23,26-28H,6,9,11,13-16,18-22H2,1-2H3,(H,36,41)(H,37,42)(H,38,39)/t23-,26+,27+,28+,35-/m0/s1. The van der Waals surface area contributed by atoms with Crippen LogP contribution in [-0.2, 0) is 39.8 Å². The van der Waals surface area contributed by atoms with E-state index in [2.05, 4.69) is 20.7 Å². The Kier molecular flexibility index (Phi) is 13.0. The number of fused-ring (bicyclic) bond motifs is 1. The fourth-order valence-corrected chi connectivity index (χ4v) is 6.08. The van der Waals surface area contributed by atoms with Crippen LogP contribution < -0.4 is 30.2 Å². The van der Waals surface area contributed by atoms with Crippen molar-refractivity contribution < 1.29 is 57.1 Å². The van der Waals surface area contributed by atoms with Crippen LogP contribution in [0.4, 0.5) is 9.59 Å². The molecule has 3 amide bonds. The Morgan fingerprint density at radius 3 is 2.60 bits per heavy atom. The van der Waals surface area contributed by atoms with Gasteiger partial charge in [0, 0.05) is 32.2 Å². The molecule has 1 spiro atoms. The highest BCUT2D eigenvalue weighted by Gasteiger charge is 2.47. The van der Waals surface area contributed by atoms with Crippen molar-refractivity contribution in [2.75, 3.05) is 33.7 Å². The number of methoxy groups -OCH3 is 1. The molecule has 3 aliphatic heterocycles. The molecular weight excluding hydrogens is 654 g/mol. The summed E-state index contributed by atoms with van der Waals surface area (Å²) in [5.41, 5.74) is 0.811. The van der Waals surface area contributed by atoms with E-state index in [0.717, 1.165) is 5.56 Å². The average molecular weight is 700 g/mol. The van der Waals surface area contributed by atoms with Gasteiger partial charge in [0.05, 0.1) is 25.9 Å². The number of amides is 3. The molecule has 0 unspecified atom stereocenters. The van der Waals surface area contributed by atoms with Gasteiger partial charge in [-0.25, -0.2) is 14.4 Å². The van der Waals surface area contributed by atoms with E-state index in [1.54, 1.807) is 19.1 Å². The monoisotopic (exact) mass is 699 g/mol. The summed E-state index contributed by atoms with van der Waals surface area (Å²) in [6.07, 6.45) is 0.0517. The van der Waals surface area contributed by atoms with Crippen molar-refractivity contribution in [1.82, 2.24) is 16.0 Å². The van der Waals surface area contributed by atoms with Gasteiger partial charge >= 0.3 is 18.2 Å². The van der Waals surface area contributed by atoms with Crippen molar-refractivity contribution in [2.45, 2.75) is 88.6 Å². The zero-order valence-electron chi connectivity index (χ0n) is 28.3. The van der Waals surface area contributed by atoms with Gasteiger partial charge in [0.25, 0.3) is 0 Å². The molecule has 0 aromatic heterocycles. The molecule has 3 N–H and O–H groups in total. The van der Waals surface area contributed by atoms with E-state index in [4.69, 9.17) is 33.2 Å². The number of carbonyl (C=O) groups is 4. The van der Waals surface area contributed by atoms with Crippen LogP contribution in [0.3, 0.4) is 0 Å². The second-order valence-corrected chi connectivity index (χ2v) is 12.3. The third kappa shape index (κ3) is 10.9. The van der Waals surface area contributed by atoms with E-state index in [0.29, 0.717) is 42.9 Å². The summed E-state index contributed by atoms with van der Waals surface area (Å²) in [6, 6.07) is 13.9. The van der Waals surface area contributed by atoms with E-state index in [1.807, 2.05) is 36.4 Å². The Morgan fingerprint density at radius 1 is 0.980 bits per heavy atom. The van der Waals surface area contributed by atoms with Crippen molar-refractivity contribution in [3.63, 3.8) is 0 Å². The minimum atomic E-state index is -1.12. The van der Waals surface area contributed by atoms with Crippen LogP contribution in [0.25, 0.3) is 0 Å². The molecule has 0 saturated carbocycles. The number of para-hydroxylation sites is 1. The van der Waals surface area contributed by atoms with Crippen molar-refractivity contribution >= 4 is 24.1 Å². The zero-order chi connectivity index (χ0) is 35.3. The molecule has 3 aliphatic rings. The highest BCUT2D eigenvalue weighted by atomic mass is 16.7. The summed E-state index contributed by atoms with van der Waals surface area (Å²) in [7, 11) is 1.25. The van der Waals surface area contributed by atoms with Gasteiger partial charge in [-0.05, 0) is 56.0 Å². The number of rotatable bonds is 14. The number of nitrogens with one attached hydrogen (secondary N) is 3. The van der Waals surface area contributed by atoms with Gasteiger partial charge in [-0.3, -0.25) is 4.79 Å². The molecule has 15 heteroatoms. The quantitative estimate of drug-likeness (QED) is 0.148. The fraction of sp³-hybridized carbons (Fsp3) is 0.543. The van der Waals surface area contributed by atoms with Crippen LogP contribution in [-0.4, -0.2) is 87.9 Å². The summed E-state index contributed by atoms with van der Waals surface area (Å²) in [4.78, 5) is 49.7. The molecule has 2 aromatic carbocycles. The lowest BCUT2D eigenvalue weighted by atomic mass is 9.90. The number of hydrogen-bond donors (Lipinski definition) is 3. The Bertz CT molecular complexity index is 1460. The number of ether oxygens (including phenoxy) is 8. The van der Waals surface area contributed by atoms with Crippen LogP contribution in [0.1, 0.15) is 57.4 Å². The van der Waals surface area contributed by atoms with Crippen molar-refractivity contribution in [3.8, 4) is 17.2 Å². The van der Waals surface area contributed by atoms with Gasteiger partial charge < -0.3 is 53.8 Å². The first-order valence-corrected chi connectivity index (χ1v) is 16.8. The molecular formula is C35H45N3O12. The van der Waals surface area contributed by atoms with E-state index in [1.165, 1.54) is 7.11 Å². The predicted molar refractivity (Wildman–Crippen MR) is 175 cm³/mol. The van der Waals surface area contributed by atoms with Crippen molar-refractivity contribution in [2.24, 2.45) is 0 Å². The molecule has 272 valence electrons. The van der Waals surface area contributed by atoms with Gasteiger partial charge in [0.1, 0.15) is 31.1 Å². The van der Waals surface area contributed by atoms with Gasteiger partial charge in [-0.1, -0.05) is 24.3 Å². The first-order valence-electron chi connectivity index (χ1n) is 16.8. The van der Waals surface area contributed by atoms with Crippen LogP contribution >= 0.6 is 0 Å². The number of carbonyl (C=O) groups excluding carboxylic acids is 4. The Morgan fingerprint density at radius 2 is 1.78 bits per heavy atom. The van der Waals surface area contributed by atoms with Crippen molar-refractivity contribution in [3.05, 3.63) is 54.1 Å². The highest BCUT2D eigenvalue weighted by molar-refractivity contribution is 5.84. The summed E-state index contributed by atoms with van der Waals surface area (Å²) < 4.78 is 45.3. The number of alkyl carbamates (subject to hydrolysis) is 2.